The van der Waals surface area contributed by atoms with Crippen LogP contribution in [0.5, 0.6) is 0 Å². The minimum absolute atomic E-state index is 0.0611. The molecule has 3 aromatic rings. The first-order chi connectivity index (χ1) is 15.0. The topological polar surface area (TPSA) is 66.6 Å². The first kappa shape index (κ1) is 20.7. The molecule has 0 spiro atoms. The van der Waals surface area contributed by atoms with Crippen molar-refractivity contribution in [2.24, 2.45) is 5.73 Å². The highest BCUT2D eigenvalue weighted by atomic mass is 16.2. The molecule has 31 heavy (non-hydrogen) atoms. The van der Waals surface area contributed by atoms with E-state index in [1.54, 1.807) is 19.1 Å². The van der Waals surface area contributed by atoms with Gasteiger partial charge in [-0.3, -0.25) is 9.59 Å². The average Bonchev–Trinajstić information content (AvgIpc) is 2.79. The number of anilines is 2. The Kier molecular flexibility index (Phi) is 5.76. The summed E-state index contributed by atoms with van der Waals surface area (Å²) in [6.07, 6.45) is 0.890. The van der Waals surface area contributed by atoms with E-state index in [9.17, 15) is 9.59 Å². The molecule has 2 N–H and O–H groups in total. The van der Waals surface area contributed by atoms with Gasteiger partial charge in [0, 0.05) is 25.6 Å². The summed E-state index contributed by atoms with van der Waals surface area (Å²) >= 11 is 0. The normalized spacial score (nSPS) is 15.5. The van der Waals surface area contributed by atoms with Crippen molar-refractivity contribution in [1.29, 1.82) is 0 Å². The molecule has 3 aromatic carbocycles. The number of primary amides is 1. The second kappa shape index (κ2) is 8.64. The lowest BCUT2D eigenvalue weighted by molar-refractivity contribution is -0.117. The summed E-state index contributed by atoms with van der Waals surface area (Å²) in [6.45, 7) is 5.32. The molecule has 0 fully saturated rings. The maximum atomic E-state index is 12.5. The van der Waals surface area contributed by atoms with Gasteiger partial charge in [0.2, 0.25) is 11.8 Å². The van der Waals surface area contributed by atoms with Crippen molar-refractivity contribution in [3.63, 3.8) is 0 Å². The summed E-state index contributed by atoms with van der Waals surface area (Å²) in [6, 6.07) is 24.0. The van der Waals surface area contributed by atoms with Crippen LogP contribution >= 0.6 is 0 Å². The number of nitrogens with zero attached hydrogens (tertiary/aromatic N) is 2. The number of hydrogen-bond donors (Lipinski definition) is 1. The third-order valence-corrected chi connectivity index (χ3v) is 5.90. The molecule has 0 saturated carbocycles. The van der Waals surface area contributed by atoms with E-state index in [0.717, 1.165) is 42.0 Å². The van der Waals surface area contributed by atoms with E-state index in [0.29, 0.717) is 5.56 Å². The highest BCUT2D eigenvalue weighted by Crippen LogP contribution is 2.40. The number of carbonyl (C=O) groups is 2. The van der Waals surface area contributed by atoms with Crippen molar-refractivity contribution >= 4 is 23.2 Å². The first-order valence-corrected chi connectivity index (χ1v) is 10.6. The lowest BCUT2D eigenvalue weighted by Crippen LogP contribution is -2.50. The Bertz CT molecular complexity index is 1090. The van der Waals surface area contributed by atoms with E-state index in [1.165, 1.54) is 5.56 Å². The molecule has 1 aliphatic rings. The van der Waals surface area contributed by atoms with Gasteiger partial charge in [0.1, 0.15) is 0 Å². The van der Waals surface area contributed by atoms with Crippen LogP contribution in [0.15, 0.2) is 72.8 Å². The van der Waals surface area contributed by atoms with E-state index in [2.05, 4.69) is 42.2 Å². The average molecular weight is 414 g/mol. The molecule has 0 aliphatic carbocycles. The number of nitrogens with two attached hydrogens (primary N) is 1. The van der Waals surface area contributed by atoms with Gasteiger partial charge in [0.15, 0.2) is 0 Å². The van der Waals surface area contributed by atoms with Crippen molar-refractivity contribution in [2.75, 3.05) is 16.3 Å². The van der Waals surface area contributed by atoms with Crippen LogP contribution < -0.4 is 15.5 Å². The molecule has 0 saturated heterocycles. The van der Waals surface area contributed by atoms with Crippen LogP contribution in [0.4, 0.5) is 11.4 Å². The highest BCUT2D eigenvalue weighted by Gasteiger charge is 2.32. The number of fused-ring (bicyclic) bond motifs is 1. The van der Waals surface area contributed by atoms with Gasteiger partial charge >= 0.3 is 0 Å². The zero-order valence-electron chi connectivity index (χ0n) is 17.9. The lowest BCUT2D eigenvalue weighted by Gasteiger charge is -2.43. The predicted octanol–water partition coefficient (Wildman–Crippen LogP) is 4.60. The minimum atomic E-state index is -0.436. The van der Waals surface area contributed by atoms with Gasteiger partial charge in [0.25, 0.3) is 0 Å². The van der Waals surface area contributed by atoms with Crippen LogP contribution in [-0.4, -0.2) is 24.4 Å². The number of carbonyl (C=O) groups excluding carboxylic acids is 2. The molecule has 0 aromatic heterocycles. The van der Waals surface area contributed by atoms with Gasteiger partial charge in [-0.1, -0.05) is 55.5 Å². The summed E-state index contributed by atoms with van der Waals surface area (Å²) in [4.78, 5) is 28.2. The van der Waals surface area contributed by atoms with Gasteiger partial charge in [-0.05, 0) is 47.4 Å². The molecule has 2 amide bonds. The molecule has 4 rings (SSSR count). The Labute approximate surface area is 183 Å². The van der Waals surface area contributed by atoms with E-state index in [4.69, 9.17) is 5.73 Å². The van der Waals surface area contributed by atoms with E-state index < -0.39 is 5.91 Å². The Hall–Kier alpha value is -3.60. The minimum Gasteiger partial charge on any atom is -0.366 e. The monoisotopic (exact) mass is 413 g/mol. The van der Waals surface area contributed by atoms with Crippen molar-refractivity contribution in [3.05, 3.63) is 83.9 Å². The van der Waals surface area contributed by atoms with Gasteiger partial charge in [-0.2, -0.15) is 0 Å². The lowest BCUT2D eigenvalue weighted by atomic mass is 9.98. The van der Waals surface area contributed by atoms with Gasteiger partial charge < -0.3 is 15.5 Å². The smallest absolute Gasteiger partial charge is 0.248 e. The standard InChI is InChI=1S/C26H27N3O2/c1-3-23-17-28(16-19-7-5-4-6-8-19)25-15-22(13-14-24(25)29(23)18(2)30)20-9-11-21(12-10-20)26(27)31/h4-15,23H,3,16-17H2,1-2H3,(H2,27,31). The largest absolute Gasteiger partial charge is 0.366 e. The first-order valence-electron chi connectivity index (χ1n) is 10.6. The summed E-state index contributed by atoms with van der Waals surface area (Å²) < 4.78 is 0. The molecule has 1 unspecified atom stereocenters. The number of amides is 2. The Morgan fingerprint density at radius 3 is 2.23 bits per heavy atom. The van der Waals surface area contributed by atoms with E-state index in [-0.39, 0.29) is 11.9 Å². The molecule has 1 heterocycles. The van der Waals surface area contributed by atoms with Gasteiger partial charge in [-0.15, -0.1) is 0 Å². The molecular weight excluding hydrogens is 386 g/mol. The third-order valence-electron chi connectivity index (χ3n) is 5.90. The molecule has 1 aliphatic heterocycles. The zero-order valence-corrected chi connectivity index (χ0v) is 17.9. The maximum absolute atomic E-state index is 12.5. The maximum Gasteiger partial charge on any atom is 0.248 e. The Balaban J connectivity index is 1.77. The van der Waals surface area contributed by atoms with E-state index in [1.807, 2.05) is 35.2 Å². The quantitative estimate of drug-likeness (QED) is 0.665. The SMILES string of the molecule is CCC1CN(Cc2ccccc2)c2cc(-c3ccc(C(N)=O)cc3)ccc2N1C(C)=O. The molecular formula is C26H27N3O2. The number of benzene rings is 3. The van der Waals surface area contributed by atoms with Gasteiger partial charge in [-0.25, -0.2) is 0 Å². The van der Waals surface area contributed by atoms with E-state index >= 15 is 0 Å². The third kappa shape index (κ3) is 4.17. The molecule has 5 nitrogen and oxygen atoms in total. The van der Waals surface area contributed by atoms with Crippen LogP contribution in [0, 0.1) is 0 Å². The zero-order chi connectivity index (χ0) is 22.0. The Morgan fingerprint density at radius 1 is 0.935 bits per heavy atom. The fraction of sp³-hybridized carbons (Fsp3) is 0.231. The highest BCUT2D eigenvalue weighted by molar-refractivity contribution is 5.98. The van der Waals surface area contributed by atoms with Crippen LogP contribution in [0.1, 0.15) is 36.2 Å². The molecule has 1 atom stereocenters. The van der Waals surface area contributed by atoms with Crippen LogP contribution in [-0.2, 0) is 11.3 Å². The fourth-order valence-electron chi connectivity index (χ4n) is 4.31. The summed E-state index contributed by atoms with van der Waals surface area (Å²) in [5.41, 5.74) is 11.1. The van der Waals surface area contributed by atoms with Crippen LogP contribution in [0.25, 0.3) is 11.1 Å². The van der Waals surface area contributed by atoms with Crippen LogP contribution in [0.2, 0.25) is 0 Å². The van der Waals surface area contributed by atoms with Crippen molar-refractivity contribution in [2.45, 2.75) is 32.9 Å². The predicted molar refractivity (Wildman–Crippen MR) is 125 cm³/mol. The van der Waals surface area contributed by atoms with Crippen molar-refractivity contribution < 1.29 is 9.59 Å². The van der Waals surface area contributed by atoms with Crippen molar-refractivity contribution in [1.82, 2.24) is 0 Å². The fourth-order valence-corrected chi connectivity index (χ4v) is 4.31. The molecule has 0 radical (unpaired) electrons. The summed E-state index contributed by atoms with van der Waals surface area (Å²) in [5, 5.41) is 0. The summed E-state index contributed by atoms with van der Waals surface area (Å²) in [7, 11) is 0. The van der Waals surface area contributed by atoms with Crippen LogP contribution in [0.3, 0.4) is 0 Å². The number of rotatable bonds is 5. The van der Waals surface area contributed by atoms with Gasteiger partial charge in [0.05, 0.1) is 17.4 Å². The Morgan fingerprint density at radius 2 is 1.61 bits per heavy atom. The molecule has 158 valence electrons. The van der Waals surface area contributed by atoms with Crippen molar-refractivity contribution in [3.8, 4) is 11.1 Å². The summed E-state index contributed by atoms with van der Waals surface area (Å²) in [5.74, 6) is -0.375. The second-order valence-electron chi connectivity index (χ2n) is 7.96. The number of hydrogen-bond acceptors (Lipinski definition) is 3. The second-order valence-corrected chi connectivity index (χ2v) is 7.96. The molecule has 5 heteroatoms. The molecule has 0 bridgehead atoms.